The summed E-state index contributed by atoms with van der Waals surface area (Å²) in [4.78, 5) is 0. The third-order valence-electron chi connectivity index (χ3n) is 10.9. The molecule has 0 spiro atoms. The van der Waals surface area contributed by atoms with E-state index in [9.17, 15) is 0 Å². The lowest BCUT2D eigenvalue weighted by atomic mass is 9.32. The molecular weight excluding hydrogens is 575 g/mol. The molecule has 0 saturated carbocycles. The summed E-state index contributed by atoms with van der Waals surface area (Å²) in [5.41, 5.74) is 17.7. The molecule has 7 rings (SSSR count). The molecule has 236 valence electrons. The van der Waals surface area contributed by atoms with Crippen LogP contribution >= 0.6 is 0 Å². The molecule has 0 saturated heterocycles. The lowest BCUT2D eigenvalue weighted by Crippen LogP contribution is -2.31. The van der Waals surface area contributed by atoms with Gasteiger partial charge in [-0.1, -0.05) is 157 Å². The van der Waals surface area contributed by atoms with E-state index in [0.717, 1.165) is 24.7 Å². The summed E-state index contributed by atoms with van der Waals surface area (Å²) >= 11 is 0. The summed E-state index contributed by atoms with van der Waals surface area (Å²) in [6, 6.07) is 29.2. The molecule has 0 heterocycles. The Kier molecular flexibility index (Phi) is 8.39. The zero-order valence-corrected chi connectivity index (χ0v) is 29.3. The van der Waals surface area contributed by atoms with Crippen molar-refractivity contribution in [1.82, 2.24) is 0 Å². The number of terminal acetylenes is 1. The minimum atomic E-state index is -0.0557. The molecule has 4 aromatic carbocycles. The molecular formula is C47H45B. The van der Waals surface area contributed by atoms with Gasteiger partial charge < -0.3 is 0 Å². The molecule has 0 N–H and O–H groups in total. The quantitative estimate of drug-likeness (QED) is 0.110. The van der Waals surface area contributed by atoms with Gasteiger partial charge in [-0.05, 0) is 114 Å². The van der Waals surface area contributed by atoms with E-state index >= 15 is 0 Å². The fourth-order valence-electron chi connectivity index (χ4n) is 8.94. The third-order valence-corrected chi connectivity index (χ3v) is 10.9. The molecule has 0 amide bonds. The average Bonchev–Trinajstić information content (AvgIpc) is 3.07. The van der Waals surface area contributed by atoms with E-state index < -0.39 is 0 Å². The first-order valence-corrected chi connectivity index (χ1v) is 17.5. The van der Waals surface area contributed by atoms with Gasteiger partial charge in [-0.15, -0.1) is 6.42 Å². The van der Waals surface area contributed by atoms with Crippen molar-refractivity contribution < 1.29 is 0 Å². The highest BCUT2D eigenvalue weighted by atomic mass is 14.4. The van der Waals surface area contributed by atoms with Gasteiger partial charge in [0.2, 0.25) is 6.71 Å². The van der Waals surface area contributed by atoms with Crippen LogP contribution in [0.25, 0.3) is 44.6 Å². The van der Waals surface area contributed by atoms with Crippen LogP contribution < -0.4 is 0 Å². The molecule has 0 radical (unpaired) electrons. The van der Waals surface area contributed by atoms with E-state index in [4.69, 9.17) is 6.42 Å². The number of allylic oxidation sites excluding steroid dienone is 10. The van der Waals surface area contributed by atoms with Gasteiger partial charge >= 0.3 is 0 Å². The van der Waals surface area contributed by atoms with Crippen LogP contribution in [0.4, 0.5) is 0 Å². The predicted octanol–water partition coefficient (Wildman–Crippen LogP) is 12.6. The first kappa shape index (κ1) is 31.8. The lowest BCUT2D eigenvalue weighted by Gasteiger charge is -2.40. The molecule has 1 heteroatoms. The molecule has 4 aromatic rings. The standard InChI is InChI=1S/C47H45B/c1-8-14-31(2)27-33(4)30-48(46-34(5)28-32(3)29-35(46)6)43-24-26-47(7)25-23-37-19-20-40(41-21-22-42(43)45(47)44(37)41)39-18-13-12-17-38(39)36-15-10-9-11-16-36/h1,9-25,27-28,32H,26,29-30H2,2-7H3/b31-14-,33-27-. The molecule has 0 aromatic heterocycles. The predicted molar refractivity (Wildman–Crippen MR) is 211 cm³/mol. The van der Waals surface area contributed by atoms with Crippen molar-refractivity contribution in [2.24, 2.45) is 5.92 Å². The Labute approximate surface area is 288 Å². The van der Waals surface area contributed by atoms with Crippen LogP contribution in [0.5, 0.6) is 0 Å². The number of hydrogen-bond donors (Lipinski definition) is 0. The summed E-state index contributed by atoms with van der Waals surface area (Å²) in [5.74, 6) is 3.28. The molecule has 48 heavy (non-hydrogen) atoms. The summed E-state index contributed by atoms with van der Waals surface area (Å²) in [6.07, 6.45) is 22.8. The van der Waals surface area contributed by atoms with Crippen molar-refractivity contribution in [3.8, 4) is 34.6 Å². The SMILES string of the molecule is C#C/C=C(C)\C=C(\C)CB(C1=CCC2(C)C=Cc3ccc(-c4ccccc4-c4ccccc4)c4ccc1c2c34)C1=C(C)CC(C)C=C1C. The molecule has 3 aliphatic carbocycles. The van der Waals surface area contributed by atoms with Crippen LogP contribution in [0.1, 0.15) is 71.1 Å². The van der Waals surface area contributed by atoms with Crippen molar-refractivity contribution in [2.75, 3.05) is 0 Å². The molecule has 0 fully saturated rings. The fraction of sp³-hybridized carbons (Fsp3) is 0.234. The van der Waals surface area contributed by atoms with Gasteiger partial charge in [0.1, 0.15) is 0 Å². The first-order valence-electron chi connectivity index (χ1n) is 17.5. The largest absolute Gasteiger partial charge is 0.213 e. The zero-order valence-electron chi connectivity index (χ0n) is 29.3. The Balaban J connectivity index is 1.44. The molecule has 0 aliphatic heterocycles. The average molecular weight is 621 g/mol. The van der Waals surface area contributed by atoms with E-state index in [0.29, 0.717) is 5.92 Å². The summed E-state index contributed by atoms with van der Waals surface area (Å²) in [6.45, 7) is 14.1. The number of rotatable bonds is 7. The second kappa shape index (κ2) is 12.7. The molecule has 2 unspecified atom stereocenters. The van der Waals surface area contributed by atoms with Crippen LogP contribution in [0.15, 0.2) is 137 Å². The number of benzene rings is 4. The third kappa shape index (κ3) is 5.59. The topological polar surface area (TPSA) is 0 Å². The van der Waals surface area contributed by atoms with Gasteiger partial charge in [0.25, 0.3) is 0 Å². The van der Waals surface area contributed by atoms with Crippen LogP contribution in [-0.2, 0) is 5.41 Å². The summed E-state index contributed by atoms with van der Waals surface area (Å²) < 4.78 is 0. The number of hydrogen-bond acceptors (Lipinski definition) is 0. The Hall–Kier alpha value is -4.80. The lowest BCUT2D eigenvalue weighted by molar-refractivity contribution is 0.604. The van der Waals surface area contributed by atoms with Gasteiger partial charge in [0.05, 0.1) is 0 Å². The second-order valence-electron chi connectivity index (χ2n) is 14.7. The molecule has 3 aliphatic rings. The van der Waals surface area contributed by atoms with E-state index in [1.807, 2.05) is 6.08 Å². The van der Waals surface area contributed by atoms with Crippen molar-refractivity contribution in [3.05, 3.63) is 154 Å². The van der Waals surface area contributed by atoms with Crippen molar-refractivity contribution in [2.45, 2.75) is 66.1 Å². The summed E-state index contributed by atoms with van der Waals surface area (Å²) in [5, 5.41) is 2.75. The van der Waals surface area contributed by atoms with Crippen LogP contribution in [-0.4, -0.2) is 6.71 Å². The van der Waals surface area contributed by atoms with E-state index in [-0.39, 0.29) is 12.1 Å². The van der Waals surface area contributed by atoms with Crippen molar-refractivity contribution in [3.63, 3.8) is 0 Å². The minimum Gasteiger partial charge on any atom is -0.115 e. The smallest absolute Gasteiger partial charge is 0.115 e. The van der Waals surface area contributed by atoms with E-state index in [1.54, 1.807) is 0 Å². The zero-order chi connectivity index (χ0) is 33.6. The van der Waals surface area contributed by atoms with Gasteiger partial charge in [0, 0.05) is 5.41 Å². The highest BCUT2D eigenvalue weighted by Crippen LogP contribution is 2.52. The normalized spacial score (nSPS) is 20.4. The highest BCUT2D eigenvalue weighted by molar-refractivity contribution is 6.86. The fourth-order valence-corrected chi connectivity index (χ4v) is 8.94. The van der Waals surface area contributed by atoms with Crippen molar-refractivity contribution >= 4 is 29.0 Å². The van der Waals surface area contributed by atoms with Crippen LogP contribution in [0, 0.1) is 18.3 Å². The minimum absolute atomic E-state index is 0.0557. The first-order chi connectivity index (χ1) is 23.2. The molecule has 0 bridgehead atoms. The van der Waals surface area contributed by atoms with Gasteiger partial charge in [-0.3, -0.25) is 0 Å². The Morgan fingerprint density at radius 2 is 1.65 bits per heavy atom. The Bertz CT molecular complexity index is 2170. The van der Waals surface area contributed by atoms with Gasteiger partial charge in [0.15, 0.2) is 0 Å². The van der Waals surface area contributed by atoms with E-state index in [2.05, 4.69) is 157 Å². The molecule has 0 nitrogen and oxygen atoms in total. The van der Waals surface area contributed by atoms with E-state index in [1.165, 1.54) is 77.4 Å². The Morgan fingerprint density at radius 1 is 0.917 bits per heavy atom. The maximum Gasteiger partial charge on any atom is 0.213 e. The van der Waals surface area contributed by atoms with Gasteiger partial charge in [-0.2, -0.15) is 0 Å². The maximum absolute atomic E-state index is 5.63. The highest BCUT2D eigenvalue weighted by Gasteiger charge is 2.39. The summed E-state index contributed by atoms with van der Waals surface area (Å²) in [7, 11) is 0. The Morgan fingerprint density at radius 3 is 2.40 bits per heavy atom. The monoisotopic (exact) mass is 620 g/mol. The maximum atomic E-state index is 5.63. The van der Waals surface area contributed by atoms with Crippen LogP contribution in [0.3, 0.4) is 0 Å². The second-order valence-corrected chi connectivity index (χ2v) is 14.7. The van der Waals surface area contributed by atoms with Crippen molar-refractivity contribution in [1.29, 1.82) is 0 Å². The van der Waals surface area contributed by atoms with Crippen LogP contribution in [0.2, 0.25) is 6.32 Å². The van der Waals surface area contributed by atoms with Gasteiger partial charge in [-0.25, -0.2) is 0 Å². The molecule has 2 atom stereocenters.